The highest BCUT2D eigenvalue weighted by molar-refractivity contribution is 14.1. The summed E-state index contributed by atoms with van der Waals surface area (Å²) >= 11 is 7.95. The van der Waals surface area contributed by atoms with Crippen LogP contribution in [-0.4, -0.2) is 5.91 Å². The first-order valence-electron chi connectivity index (χ1n) is 5.09. The first kappa shape index (κ1) is 13.3. The van der Waals surface area contributed by atoms with Crippen LogP contribution in [0.1, 0.15) is 10.4 Å². The Morgan fingerprint density at radius 3 is 2.67 bits per heavy atom. The van der Waals surface area contributed by atoms with E-state index in [1.807, 2.05) is 12.1 Å². The number of amides is 1. The average molecular weight is 376 g/mol. The molecule has 0 saturated heterocycles. The van der Waals surface area contributed by atoms with Crippen LogP contribution in [0.4, 0.5) is 10.1 Å². The van der Waals surface area contributed by atoms with Gasteiger partial charge in [-0.05, 0) is 52.9 Å². The van der Waals surface area contributed by atoms with Crippen LogP contribution in [-0.2, 0) is 0 Å². The van der Waals surface area contributed by atoms with E-state index in [4.69, 9.17) is 11.6 Å². The lowest BCUT2D eigenvalue weighted by atomic mass is 10.2. The number of benzene rings is 2. The summed E-state index contributed by atoms with van der Waals surface area (Å²) in [5.74, 6) is -0.759. The van der Waals surface area contributed by atoms with Crippen LogP contribution in [0.3, 0.4) is 0 Å². The van der Waals surface area contributed by atoms with Crippen molar-refractivity contribution in [2.75, 3.05) is 5.32 Å². The van der Waals surface area contributed by atoms with Crippen LogP contribution in [0, 0.1) is 9.39 Å². The normalized spacial score (nSPS) is 10.2. The van der Waals surface area contributed by atoms with Gasteiger partial charge < -0.3 is 5.32 Å². The van der Waals surface area contributed by atoms with Gasteiger partial charge in [0, 0.05) is 3.57 Å². The third-order valence-corrected chi connectivity index (χ3v) is 3.57. The number of nitrogens with one attached hydrogen (secondary N) is 1. The third-order valence-electron chi connectivity index (χ3n) is 2.30. The molecule has 0 fully saturated rings. The van der Waals surface area contributed by atoms with Crippen molar-refractivity contribution in [3.8, 4) is 0 Å². The first-order valence-corrected chi connectivity index (χ1v) is 6.54. The van der Waals surface area contributed by atoms with Gasteiger partial charge in [-0.1, -0.05) is 23.7 Å². The molecule has 92 valence electrons. The zero-order valence-electron chi connectivity index (χ0n) is 9.08. The van der Waals surface area contributed by atoms with E-state index in [9.17, 15) is 9.18 Å². The fourth-order valence-corrected chi connectivity index (χ4v) is 2.23. The predicted molar refractivity (Wildman–Crippen MR) is 78.5 cm³/mol. The Morgan fingerprint density at radius 2 is 1.94 bits per heavy atom. The fourth-order valence-electron chi connectivity index (χ4n) is 1.43. The number of carbonyl (C=O) groups is 1. The largest absolute Gasteiger partial charge is 0.321 e. The van der Waals surface area contributed by atoms with Gasteiger partial charge >= 0.3 is 0 Å². The highest BCUT2D eigenvalue weighted by atomic mass is 127. The molecular weight excluding hydrogens is 368 g/mol. The smallest absolute Gasteiger partial charge is 0.256 e. The molecule has 2 aromatic carbocycles. The summed E-state index contributed by atoms with van der Waals surface area (Å²) < 4.78 is 13.9. The molecule has 2 rings (SSSR count). The van der Waals surface area contributed by atoms with Gasteiger partial charge in [0.1, 0.15) is 5.82 Å². The molecule has 0 saturated carbocycles. The molecule has 0 spiro atoms. The minimum Gasteiger partial charge on any atom is -0.321 e. The van der Waals surface area contributed by atoms with Gasteiger partial charge in [0.25, 0.3) is 5.91 Å². The summed E-state index contributed by atoms with van der Waals surface area (Å²) in [6.45, 7) is 0. The lowest BCUT2D eigenvalue weighted by Gasteiger charge is -2.08. The van der Waals surface area contributed by atoms with Crippen LogP contribution in [0.5, 0.6) is 0 Å². The molecule has 0 aliphatic rings. The van der Waals surface area contributed by atoms with Gasteiger partial charge in [0.05, 0.1) is 16.3 Å². The zero-order chi connectivity index (χ0) is 13.1. The molecule has 0 aromatic heterocycles. The second kappa shape index (κ2) is 5.67. The maximum Gasteiger partial charge on any atom is 0.256 e. The van der Waals surface area contributed by atoms with E-state index in [1.54, 1.807) is 12.1 Å². The van der Waals surface area contributed by atoms with Crippen molar-refractivity contribution in [3.63, 3.8) is 0 Å². The van der Waals surface area contributed by atoms with E-state index in [0.717, 1.165) is 3.57 Å². The molecule has 0 aliphatic carbocycles. The Kier molecular flexibility index (Phi) is 4.19. The Bertz CT molecular complexity index is 603. The quantitative estimate of drug-likeness (QED) is 0.778. The summed E-state index contributed by atoms with van der Waals surface area (Å²) in [6.07, 6.45) is 0. The molecule has 1 amide bonds. The van der Waals surface area contributed by atoms with E-state index in [0.29, 0.717) is 10.6 Å². The van der Waals surface area contributed by atoms with Crippen LogP contribution < -0.4 is 5.32 Å². The molecule has 2 nitrogen and oxygen atoms in total. The minimum absolute atomic E-state index is 0.265. The van der Waals surface area contributed by atoms with Crippen molar-refractivity contribution in [3.05, 3.63) is 62.4 Å². The van der Waals surface area contributed by atoms with Crippen molar-refractivity contribution >= 4 is 45.8 Å². The van der Waals surface area contributed by atoms with Crippen LogP contribution >= 0.6 is 34.2 Å². The van der Waals surface area contributed by atoms with Crippen LogP contribution in [0.25, 0.3) is 0 Å². The van der Waals surface area contributed by atoms with Gasteiger partial charge in [-0.2, -0.15) is 0 Å². The predicted octanol–water partition coefficient (Wildman–Crippen LogP) is 4.34. The Labute approximate surface area is 122 Å². The van der Waals surface area contributed by atoms with Crippen molar-refractivity contribution in [1.82, 2.24) is 0 Å². The van der Waals surface area contributed by atoms with E-state index < -0.39 is 5.82 Å². The molecule has 0 atom stereocenters. The minimum atomic E-state index is -0.447. The lowest BCUT2D eigenvalue weighted by molar-refractivity contribution is 0.102. The Balaban J connectivity index is 2.27. The molecule has 0 heterocycles. The maximum atomic E-state index is 13.1. The van der Waals surface area contributed by atoms with E-state index in [2.05, 4.69) is 27.9 Å². The van der Waals surface area contributed by atoms with Gasteiger partial charge in [0.15, 0.2) is 0 Å². The summed E-state index contributed by atoms with van der Waals surface area (Å²) in [6, 6.07) is 11.0. The Morgan fingerprint density at radius 1 is 1.22 bits per heavy atom. The van der Waals surface area contributed by atoms with Crippen LogP contribution in [0.15, 0.2) is 42.5 Å². The summed E-state index contributed by atoms with van der Waals surface area (Å²) in [5.41, 5.74) is 0.791. The van der Waals surface area contributed by atoms with Gasteiger partial charge in [-0.15, -0.1) is 0 Å². The van der Waals surface area contributed by atoms with Crippen molar-refractivity contribution < 1.29 is 9.18 Å². The SMILES string of the molecule is O=C(Nc1cc(F)ccc1Cl)c1ccccc1I. The Hall–Kier alpha value is -1.14. The van der Waals surface area contributed by atoms with Crippen molar-refractivity contribution in [1.29, 1.82) is 0 Å². The molecule has 0 unspecified atom stereocenters. The monoisotopic (exact) mass is 375 g/mol. The molecule has 1 N–H and O–H groups in total. The zero-order valence-corrected chi connectivity index (χ0v) is 12.0. The molecule has 5 heteroatoms. The van der Waals surface area contributed by atoms with Crippen molar-refractivity contribution in [2.24, 2.45) is 0 Å². The van der Waals surface area contributed by atoms with E-state index in [-0.39, 0.29) is 11.6 Å². The summed E-state index contributed by atoms with van der Waals surface area (Å²) in [5, 5.41) is 2.89. The van der Waals surface area contributed by atoms with E-state index in [1.165, 1.54) is 18.2 Å². The highest BCUT2D eigenvalue weighted by Crippen LogP contribution is 2.23. The highest BCUT2D eigenvalue weighted by Gasteiger charge is 2.11. The standard InChI is InChI=1S/C13H8ClFINO/c14-10-6-5-8(15)7-12(10)17-13(18)9-3-1-2-4-11(9)16/h1-7H,(H,17,18). The second-order valence-corrected chi connectivity index (χ2v) is 5.13. The third kappa shape index (κ3) is 3.00. The number of anilines is 1. The number of halogens is 3. The average Bonchev–Trinajstić information content (AvgIpc) is 2.34. The molecule has 0 aliphatic heterocycles. The summed E-state index contributed by atoms with van der Waals surface area (Å²) in [4.78, 5) is 12.0. The van der Waals surface area contributed by atoms with Crippen LogP contribution in [0.2, 0.25) is 5.02 Å². The van der Waals surface area contributed by atoms with Gasteiger partial charge in [-0.25, -0.2) is 4.39 Å². The molecule has 0 bridgehead atoms. The topological polar surface area (TPSA) is 29.1 Å². The molecular formula is C13H8ClFINO. The van der Waals surface area contributed by atoms with E-state index >= 15 is 0 Å². The first-order chi connectivity index (χ1) is 8.58. The maximum absolute atomic E-state index is 13.1. The van der Waals surface area contributed by atoms with Gasteiger partial charge in [-0.3, -0.25) is 4.79 Å². The van der Waals surface area contributed by atoms with Crippen molar-refractivity contribution in [2.45, 2.75) is 0 Å². The number of rotatable bonds is 2. The number of hydrogen-bond donors (Lipinski definition) is 1. The lowest BCUT2D eigenvalue weighted by Crippen LogP contribution is -2.13. The van der Waals surface area contributed by atoms with Gasteiger partial charge in [0.2, 0.25) is 0 Å². The molecule has 0 radical (unpaired) electrons. The molecule has 2 aromatic rings. The second-order valence-electron chi connectivity index (χ2n) is 3.56. The summed E-state index contributed by atoms with van der Waals surface area (Å²) in [7, 11) is 0. The fraction of sp³-hybridized carbons (Fsp3) is 0. The number of carbonyl (C=O) groups excluding carboxylic acids is 1. The molecule has 18 heavy (non-hydrogen) atoms. The number of hydrogen-bond acceptors (Lipinski definition) is 1.